The number of rotatable bonds is 5. The van der Waals surface area contributed by atoms with Crippen LogP contribution < -0.4 is 10.6 Å². The molecule has 28 heavy (non-hydrogen) atoms. The lowest BCUT2D eigenvalue weighted by Crippen LogP contribution is -2.47. The highest BCUT2D eigenvalue weighted by Gasteiger charge is 2.21. The van der Waals surface area contributed by atoms with Gasteiger partial charge in [0.25, 0.3) is 0 Å². The molecule has 3 rings (SSSR count). The molecule has 6 heteroatoms. The standard InChI is InChI=1S/C22H33N5O/c1-16(27-11-10-17-8-6-7-9-18(17)15-27)12-25-21(23-5)26-14-20-24-13-19(28-20)22(2,3)4/h6-9,13,16H,10-12,14-15H2,1-5H3,(H2,23,25,26). The molecule has 0 saturated heterocycles. The third-order valence-electron chi connectivity index (χ3n) is 5.27. The van der Waals surface area contributed by atoms with E-state index in [0.29, 0.717) is 18.5 Å². The minimum absolute atomic E-state index is 0.0341. The SMILES string of the molecule is CN=C(NCc1ncc(C(C)(C)C)o1)NCC(C)N1CCc2ccccc2C1. The monoisotopic (exact) mass is 383 g/mol. The van der Waals surface area contributed by atoms with Crippen LogP contribution >= 0.6 is 0 Å². The highest BCUT2D eigenvalue weighted by molar-refractivity contribution is 5.79. The van der Waals surface area contributed by atoms with Crippen molar-refractivity contribution >= 4 is 5.96 Å². The second kappa shape index (κ2) is 8.78. The van der Waals surface area contributed by atoms with Gasteiger partial charge in [0.2, 0.25) is 5.89 Å². The molecule has 0 saturated carbocycles. The highest BCUT2D eigenvalue weighted by atomic mass is 16.4. The van der Waals surface area contributed by atoms with E-state index in [1.807, 2.05) is 6.20 Å². The molecule has 0 fully saturated rings. The Hall–Kier alpha value is -2.34. The Morgan fingerprint density at radius 1 is 1.25 bits per heavy atom. The molecule has 0 aliphatic carbocycles. The predicted molar refractivity (Wildman–Crippen MR) is 113 cm³/mol. The maximum Gasteiger partial charge on any atom is 0.213 e. The van der Waals surface area contributed by atoms with Crippen LogP contribution in [0.15, 0.2) is 39.9 Å². The van der Waals surface area contributed by atoms with Crippen LogP contribution in [0.2, 0.25) is 0 Å². The first kappa shape index (κ1) is 20.4. The molecule has 6 nitrogen and oxygen atoms in total. The topological polar surface area (TPSA) is 65.7 Å². The van der Waals surface area contributed by atoms with Crippen molar-refractivity contribution in [1.82, 2.24) is 20.5 Å². The molecule has 0 radical (unpaired) electrons. The lowest BCUT2D eigenvalue weighted by Gasteiger charge is -2.34. The van der Waals surface area contributed by atoms with E-state index in [1.165, 1.54) is 11.1 Å². The molecule has 2 N–H and O–H groups in total. The normalized spacial score (nSPS) is 16.5. The highest BCUT2D eigenvalue weighted by Crippen LogP contribution is 2.22. The van der Waals surface area contributed by atoms with E-state index in [4.69, 9.17) is 4.42 Å². The summed E-state index contributed by atoms with van der Waals surface area (Å²) in [5.74, 6) is 2.33. The Labute approximate surface area is 168 Å². The van der Waals surface area contributed by atoms with Crippen LogP contribution in [-0.4, -0.2) is 42.0 Å². The molecule has 152 valence electrons. The van der Waals surface area contributed by atoms with E-state index in [0.717, 1.165) is 37.8 Å². The van der Waals surface area contributed by atoms with Crippen LogP contribution in [-0.2, 0) is 24.9 Å². The first-order valence-electron chi connectivity index (χ1n) is 10.1. The summed E-state index contributed by atoms with van der Waals surface area (Å²) < 4.78 is 5.83. The number of aromatic nitrogens is 1. The minimum Gasteiger partial charge on any atom is -0.443 e. The van der Waals surface area contributed by atoms with Gasteiger partial charge in [0, 0.05) is 38.1 Å². The van der Waals surface area contributed by atoms with Gasteiger partial charge in [-0.2, -0.15) is 0 Å². The summed E-state index contributed by atoms with van der Waals surface area (Å²) in [4.78, 5) is 11.2. The van der Waals surface area contributed by atoms with Gasteiger partial charge >= 0.3 is 0 Å². The summed E-state index contributed by atoms with van der Waals surface area (Å²) in [6.07, 6.45) is 2.93. The Morgan fingerprint density at radius 3 is 2.68 bits per heavy atom. The smallest absolute Gasteiger partial charge is 0.213 e. The van der Waals surface area contributed by atoms with Gasteiger partial charge in [0.15, 0.2) is 5.96 Å². The summed E-state index contributed by atoms with van der Waals surface area (Å²) >= 11 is 0. The fourth-order valence-electron chi connectivity index (χ4n) is 3.39. The van der Waals surface area contributed by atoms with Crippen molar-refractivity contribution in [3.63, 3.8) is 0 Å². The van der Waals surface area contributed by atoms with E-state index in [2.05, 4.69) is 77.5 Å². The lowest BCUT2D eigenvalue weighted by molar-refractivity contribution is 0.191. The van der Waals surface area contributed by atoms with Gasteiger partial charge in [-0.15, -0.1) is 0 Å². The van der Waals surface area contributed by atoms with Crippen molar-refractivity contribution in [1.29, 1.82) is 0 Å². The number of guanidine groups is 1. The zero-order valence-electron chi connectivity index (χ0n) is 17.7. The number of nitrogens with zero attached hydrogens (tertiary/aromatic N) is 3. The van der Waals surface area contributed by atoms with Gasteiger partial charge in [0.1, 0.15) is 5.76 Å². The van der Waals surface area contributed by atoms with E-state index < -0.39 is 0 Å². The van der Waals surface area contributed by atoms with Crippen molar-refractivity contribution in [2.24, 2.45) is 4.99 Å². The van der Waals surface area contributed by atoms with Crippen LogP contribution in [0.1, 0.15) is 50.5 Å². The third kappa shape index (κ3) is 5.13. The summed E-state index contributed by atoms with van der Waals surface area (Å²) in [5, 5.41) is 6.71. The Morgan fingerprint density at radius 2 is 2.00 bits per heavy atom. The number of hydrogen-bond donors (Lipinski definition) is 2. The Bertz CT molecular complexity index is 805. The van der Waals surface area contributed by atoms with E-state index in [-0.39, 0.29) is 5.41 Å². The van der Waals surface area contributed by atoms with Crippen LogP contribution in [0.5, 0.6) is 0 Å². The lowest BCUT2D eigenvalue weighted by atomic mass is 9.94. The maximum atomic E-state index is 5.83. The molecule has 1 aliphatic heterocycles. The van der Waals surface area contributed by atoms with E-state index in [1.54, 1.807) is 7.05 Å². The van der Waals surface area contributed by atoms with Crippen molar-refractivity contribution in [3.8, 4) is 0 Å². The van der Waals surface area contributed by atoms with Gasteiger partial charge in [-0.3, -0.25) is 9.89 Å². The minimum atomic E-state index is -0.0341. The summed E-state index contributed by atoms with van der Waals surface area (Å²) in [6, 6.07) is 9.17. The molecule has 1 unspecified atom stereocenters. The van der Waals surface area contributed by atoms with Gasteiger partial charge in [0.05, 0.1) is 12.7 Å². The van der Waals surface area contributed by atoms with Crippen LogP contribution in [0.4, 0.5) is 0 Å². The summed E-state index contributed by atoms with van der Waals surface area (Å²) in [7, 11) is 1.79. The molecular weight excluding hydrogens is 350 g/mol. The first-order valence-corrected chi connectivity index (χ1v) is 10.1. The molecule has 1 aliphatic rings. The van der Waals surface area contributed by atoms with Crippen molar-refractivity contribution in [2.45, 2.75) is 58.7 Å². The predicted octanol–water partition coefficient (Wildman–Crippen LogP) is 3.08. The molecule has 0 bridgehead atoms. The van der Waals surface area contributed by atoms with Crippen LogP contribution in [0.25, 0.3) is 0 Å². The average Bonchev–Trinajstić information content (AvgIpc) is 3.17. The Kier molecular flexibility index (Phi) is 6.39. The molecule has 2 aromatic rings. The zero-order chi connectivity index (χ0) is 20.1. The summed E-state index contributed by atoms with van der Waals surface area (Å²) in [5.41, 5.74) is 2.90. The second-order valence-electron chi connectivity index (χ2n) is 8.51. The second-order valence-corrected chi connectivity index (χ2v) is 8.51. The molecule has 0 spiro atoms. The molecule has 1 atom stereocenters. The van der Waals surface area contributed by atoms with Crippen LogP contribution in [0, 0.1) is 0 Å². The average molecular weight is 384 g/mol. The molecule has 0 amide bonds. The Balaban J connectivity index is 1.47. The fraction of sp³-hybridized carbons (Fsp3) is 0.545. The van der Waals surface area contributed by atoms with Gasteiger partial charge in [-0.25, -0.2) is 4.98 Å². The third-order valence-corrected chi connectivity index (χ3v) is 5.27. The fourth-order valence-corrected chi connectivity index (χ4v) is 3.39. The van der Waals surface area contributed by atoms with E-state index >= 15 is 0 Å². The molecule has 2 heterocycles. The molecule has 1 aromatic heterocycles. The van der Waals surface area contributed by atoms with Crippen molar-refractivity contribution < 1.29 is 4.42 Å². The van der Waals surface area contributed by atoms with Gasteiger partial charge in [-0.05, 0) is 24.5 Å². The molecule has 1 aromatic carbocycles. The van der Waals surface area contributed by atoms with E-state index in [9.17, 15) is 0 Å². The van der Waals surface area contributed by atoms with Crippen molar-refractivity contribution in [2.75, 3.05) is 20.1 Å². The first-order chi connectivity index (χ1) is 13.4. The van der Waals surface area contributed by atoms with Crippen LogP contribution in [0.3, 0.4) is 0 Å². The quantitative estimate of drug-likeness (QED) is 0.614. The van der Waals surface area contributed by atoms with Crippen molar-refractivity contribution in [3.05, 3.63) is 53.2 Å². The number of fused-ring (bicyclic) bond motifs is 1. The van der Waals surface area contributed by atoms with Gasteiger partial charge in [-0.1, -0.05) is 45.0 Å². The number of benzene rings is 1. The number of nitrogens with one attached hydrogen (secondary N) is 2. The van der Waals surface area contributed by atoms with Gasteiger partial charge < -0.3 is 15.1 Å². The zero-order valence-corrected chi connectivity index (χ0v) is 17.7. The number of oxazole rings is 1. The summed E-state index contributed by atoms with van der Waals surface area (Å²) in [6.45, 7) is 12.1. The number of hydrogen-bond acceptors (Lipinski definition) is 4. The largest absolute Gasteiger partial charge is 0.443 e. The maximum absolute atomic E-state index is 5.83. The molecular formula is C22H33N5O. The number of aliphatic imine (C=N–C) groups is 1.